The van der Waals surface area contributed by atoms with Gasteiger partial charge in [0.25, 0.3) is 0 Å². The molecule has 0 saturated carbocycles. The van der Waals surface area contributed by atoms with E-state index in [-0.39, 0.29) is 16.3 Å². The maximum atomic E-state index is 13.0. The van der Waals surface area contributed by atoms with Gasteiger partial charge in [0, 0.05) is 31.9 Å². The van der Waals surface area contributed by atoms with E-state index in [1.54, 1.807) is 12.1 Å². The highest BCUT2D eigenvalue weighted by Crippen LogP contribution is 2.22. The quantitative estimate of drug-likeness (QED) is 0.763. The molecular formula is C18H19FN2O4S. The summed E-state index contributed by atoms with van der Waals surface area (Å²) < 4.78 is 44.8. The zero-order valence-corrected chi connectivity index (χ0v) is 15.1. The van der Waals surface area contributed by atoms with E-state index in [9.17, 15) is 17.6 Å². The normalized spacial score (nSPS) is 15.7. The molecule has 0 aliphatic carbocycles. The van der Waals surface area contributed by atoms with E-state index in [4.69, 9.17) is 0 Å². The second-order valence-corrected chi connectivity index (χ2v) is 7.82. The lowest BCUT2D eigenvalue weighted by Crippen LogP contribution is -2.48. The Hall–Kier alpha value is -2.45. The van der Waals surface area contributed by atoms with Crippen molar-refractivity contribution in [2.75, 3.05) is 38.2 Å². The van der Waals surface area contributed by atoms with Crippen LogP contribution in [0.3, 0.4) is 0 Å². The maximum absolute atomic E-state index is 13.0. The van der Waals surface area contributed by atoms with Gasteiger partial charge >= 0.3 is 5.97 Å². The molecule has 0 bridgehead atoms. The Bertz CT molecular complexity index is 892. The predicted octanol–water partition coefficient (Wildman–Crippen LogP) is 2.12. The molecule has 0 aromatic heterocycles. The topological polar surface area (TPSA) is 66.9 Å². The summed E-state index contributed by atoms with van der Waals surface area (Å²) in [6.45, 7) is 1.62. The Balaban J connectivity index is 1.74. The van der Waals surface area contributed by atoms with Crippen molar-refractivity contribution in [3.8, 4) is 0 Å². The molecule has 6 nitrogen and oxygen atoms in total. The van der Waals surface area contributed by atoms with Gasteiger partial charge < -0.3 is 9.64 Å². The van der Waals surface area contributed by atoms with Crippen LogP contribution in [0.2, 0.25) is 0 Å². The monoisotopic (exact) mass is 378 g/mol. The third kappa shape index (κ3) is 3.71. The second kappa shape index (κ2) is 7.43. The lowest BCUT2D eigenvalue weighted by molar-refractivity contribution is 0.0600. The van der Waals surface area contributed by atoms with Gasteiger partial charge in [-0.3, -0.25) is 0 Å². The molecule has 1 fully saturated rings. The summed E-state index contributed by atoms with van der Waals surface area (Å²) in [7, 11) is -2.45. The zero-order chi connectivity index (χ0) is 18.7. The number of ether oxygens (including phenoxy) is 1. The van der Waals surface area contributed by atoms with Gasteiger partial charge in [-0.05, 0) is 42.5 Å². The molecule has 0 amide bonds. The Kier molecular flexibility index (Phi) is 5.24. The molecule has 0 radical (unpaired) electrons. The standard InChI is InChI=1S/C18H19FN2O4S/c1-25-18(22)14-3-2-4-17(13-14)26(23,24)21-11-9-20(10-12-21)16-7-5-15(19)6-8-16/h2-8,13H,9-12H2,1H3. The highest BCUT2D eigenvalue weighted by atomic mass is 32.2. The number of nitrogens with zero attached hydrogens (tertiary/aromatic N) is 2. The van der Waals surface area contributed by atoms with E-state index >= 15 is 0 Å². The third-order valence-electron chi connectivity index (χ3n) is 4.32. The third-order valence-corrected chi connectivity index (χ3v) is 6.22. The fourth-order valence-corrected chi connectivity index (χ4v) is 4.36. The van der Waals surface area contributed by atoms with Crippen molar-refractivity contribution in [3.05, 3.63) is 59.9 Å². The number of rotatable bonds is 4. The minimum absolute atomic E-state index is 0.0654. The first kappa shape index (κ1) is 18.3. The largest absolute Gasteiger partial charge is 0.465 e. The summed E-state index contributed by atoms with van der Waals surface area (Å²) in [6, 6.07) is 12.0. The average molecular weight is 378 g/mol. The van der Waals surface area contributed by atoms with Crippen LogP contribution < -0.4 is 4.90 Å². The van der Waals surface area contributed by atoms with Crippen molar-refractivity contribution >= 4 is 21.7 Å². The number of hydrogen-bond donors (Lipinski definition) is 0. The molecule has 2 aromatic carbocycles. The van der Waals surface area contributed by atoms with Gasteiger partial charge in [-0.2, -0.15) is 4.31 Å². The molecule has 1 saturated heterocycles. The van der Waals surface area contributed by atoms with Crippen LogP contribution in [0.15, 0.2) is 53.4 Å². The van der Waals surface area contributed by atoms with Crippen molar-refractivity contribution in [2.45, 2.75) is 4.90 Å². The van der Waals surface area contributed by atoms with Crippen molar-refractivity contribution in [2.24, 2.45) is 0 Å². The first-order chi connectivity index (χ1) is 12.4. The van der Waals surface area contributed by atoms with Crippen LogP contribution in [-0.2, 0) is 14.8 Å². The molecule has 0 unspecified atom stereocenters. The number of hydrogen-bond acceptors (Lipinski definition) is 5. The second-order valence-electron chi connectivity index (χ2n) is 5.89. The smallest absolute Gasteiger partial charge is 0.337 e. The van der Waals surface area contributed by atoms with Crippen molar-refractivity contribution in [1.29, 1.82) is 0 Å². The minimum atomic E-state index is -3.70. The summed E-state index contributed by atoms with van der Waals surface area (Å²) >= 11 is 0. The summed E-state index contributed by atoms with van der Waals surface area (Å²) in [5.41, 5.74) is 1.05. The van der Waals surface area contributed by atoms with E-state index < -0.39 is 16.0 Å². The lowest BCUT2D eigenvalue weighted by Gasteiger charge is -2.35. The molecule has 3 rings (SSSR count). The van der Waals surface area contributed by atoms with Gasteiger partial charge in [-0.1, -0.05) is 6.07 Å². The van der Waals surface area contributed by atoms with Crippen molar-refractivity contribution < 1.29 is 22.3 Å². The first-order valence-corrected chi connectivity index (χ1v) is 9.55. The number of halogens is 1. The van der Waals surface area contributed by atoms with Gasteiger partial charge in [0.05, 0.1) is 17.6 Å². The average Bonchev–Trinajstić information content (AvgIpc) is 2.68. The number of sulfonamides is 1. The Morgan fingerprint density at radius 2 is 1.69 bits per heavy atom. The van der Waals surface area contributed by atoms with Crippen LogP contribution in [0, 0.1) is 5.82 Å². The predicted molar refractivity (Wildman–Crippen MR) is 95.2 cm³/mol. The van der Waals surface area contributed by atoms with Crippen molar-refractivity contribution in [1.82, 2.24) is 4.31 Å². The SMILES string of the molecule is COC(=O)c1cccc(S(=O)(=O)N2CCN(c3ccc(F)cc3)CC2)c1. The van der Waals surface area contributed by atoms with Gasteiger partial charge in [0.2, 0.25) is 10.0 Å². The molecule has 0 N–H and O–H groups in total. The first-order valence-electron chi connectivity index (χ1n) is 8.11. The van der Waals surface area contributed by atoms with Gasteiger partial charge in [0.1, 0.15) is 5.82 Å². The summed E-state index contributed by atoms with van der Waals surface area (Å²) in [4.78, 5) is 13.7. The molecule has 1 aliphatic rings. The van der Waals surface area contributed by atoms with Gasteiger partial charge in [0.15, 0.2) is 0 Å². The zero-order valence-electron chi connectivity index (χ0n) is 14.3. The number of carbonyl (C=O) groups is 1. The highest BCUT2D eigenvalue weighted by Gasteiger charge is 2.29. The summed E-state index contributed by atoms with van der Waals surface area (Å²) in [5.74, 6) is -0.886. The summed E-state index contributed by atoms with van der Waals surface area (Å²) in [6.07, 6.45) is 0. The molecular weight excluding hydrogens is 359 g/mol. The molecule has 2 aromatic rings. The Morgan fingerprint density at radius 3 is 2.31 bits per heavy atom. The minimum Gasteiger partial charge on any atom is -0.465 e. The van der Waals surface area contributed by atoms with Gasteiger partial charge in [-0.15, -0.1) is 0 Å². The van der Waals surface area contributed by atoms with E-state index in [0.29, 0.717) is 26.2 Å². The highest BCUT2D eigenvalue weighted by molar-refractivity contribution is 7.89. The summed E-state index contributed by atoms with van der Waals surface area (Å²) in [5, 5.41) is 0. The fourth-order valence-electron chi connectivity index (χ4n) is 2.89. The Morgan fingerprint density at radius 1 is 1.04 bits per heavy atom. The number of methoxy groups -OCH3 is 1. The van der Waals surface area contributed by atoms with Gasteiger partial charge in [-0.25, -0.2) is 17.6 Å². The fraction of sp³-hybridized carbons (Fsp3) is 0.278. The van der Waals surface area contributed by atoms with Crippen LogP contribution in [0.4, 0.5) is 10.1 Å². The van der Waals surface area contributed by atoms with Crippen LogP contribution >= 0.6 is 0 Å². The van der Waals surface area contributed by atoms with E-state index in [0.717, 1.165) is 5.69 Å². The molecule has 8 heteroatoms. The Labute approximate surface area is 151 Å². The molecule has 1 aliphatic heterocycles. The van der Waals surface area contributed by atoms with Crippen LogP contribution in [0.25, 0.3) is 0 Å². The number of anilines is 1. The molecule has 26 heavy (non-hydrogen) atoms. The molecule has 138 valence electrons. The molecule has 0 spiro atoms. The van der Waals surface area contributed by atoms with Crippen molar-refractivity contribution in [3.63, 3.8) is 0 Å². The number of esters is 1. The van der Waals surface area contributed by atoms with E-state index in [1.165, 1.54) is 47.8 Å². The van der Waals surface area contributed by atoms with E-state index in [2.05, 4.69) is 4.74 Å². The van der Waals surface area contributed by atoms with Crippen LogP contribution in [0.5, 0.6) is 0 Å². The molecule has 0 atom stereocenters. The number of benzene rings is 2. The number of carbonyl (C=O) groups excluding carboxylic acids is 1. The van der Waals surface area contributed by atoms with E-state index in [1.807, 2.05) is 4.90 Å². The van der Waals surface area contributed by atoms with Crippen LogP contribution in [0.1, 0.15) is 10.4 Å². The maximum Gasteiger partial charge on any atom is 0.337 e. The molecule has 1 heterocycles. The lowest BCUT2D eigenvalue weighted by atomic mass is 10.2. The van der Waals surface area contributed by atoms with Crippen LogP contribution in [-0.4, -0.2) is 52.0 Å². The number of piperazine rings is 1.